The number of nitrogens with zero attached hydrogens (tertiary/aromatic N) is 3. The van der Waals surface area contributed by atoms with Gasteiger partial charge in [0.25, 0.3) is 5.56 Å². The lowest BCUT2D eigenvalue weighted by molar-refractivity contribution is 0.393. The SMILES string of the molecule is COc1cc(C)nc(-n2c(O)c3ccccc3cc2=O)n1. The molecule has 0 atom stereocenters. The van der Waals surface area contributed by atoms with E-state index in [1.165, 1.54) is 13.2 Å². The predicted octanol–water partition coefficient (Wildman–Crippen LogP) is 1.80. The summed E-state index contributed by atoms with van der Waals surface area (Å²) in [6, 6.07) is 10.2. The number of rotatable bonds is 2. The Morgan fingerprint density at radius 2 is 1.95 bits per heavy atom. The summed E-state index contributed by atoms with van der Waals surface area (Å²) in [7, 11) is 1.48. The van der Waals surface area contributed by atoms with Gasteiger partial charge < -0.3 is 9.84 Å². The van der Waals surface area contributed by atoms with E-state index in [4.69, 9.17) is 4.74 Å². The largest absolute Gasteiger partial charge is 0.494 e. The molecule has 2 aromatic heterocycles. The number of fused-ring (bicyclic) bond motifs is 1. The molecule has 2 heterocycles. The molecule has 6 nitrogen and oxygen atoms in total. The van der Waals surface area contributed by atoms with Crippen molar-refractivity contribution in [2.45, 2.75) is 6.92 Å². The third-order valence-corrected chi connectivity index (χ3v) is 3.14. The Morgan fingerprint density at radius 3 is 2.71 bits per heavy atom. The number of ether oxygens (including phenoxy) is 1. The zero-order valence-corrected chi connectivity index (χ0v) is 11.6. The van der Waals surface area contributed by atoms with Crippen LogP contribution in [-0.4, -0.2) is 26.8 Å². The number of pyridine rings is 1. The van der Waals surface area contributed by atoms with Crippen molar-refractivity contribution in [3.63, 3.8) is 0 Å². The van der Waals surface area contributed by atoms with Crippen molar-refractivity contribution in [1.29, 1.82) is 0 Å². The van der Waals surface area contributed by atoms with E-state index in [1.54, 1.807) is 37.3 Å². The molecule has 0 bridgehead atoms. The summed E-state index contributed by atoms with van der Waals surface area (Å²) in [6.45, 7) is 1.76. The maximum absolute atomic E-state index is 12.2. The lowest BCUT2D eigenvalue weighted by Crippen LogP contribution is -2.20. The molecule has 0 amide bonds. The number of aromatic hydroxyl groups is 1. The summed E-state index contributed by atoms with van der Waals surface area (Å²) in [4.78, 5) is 20.6. The molecule has 0 fully saturated rings. The van der Waals surface area contributed by atoms with E-state index in [0.29, 0.717) is 22.3 Å². The van der Waals surface area contributed by atoms with Crippen LogP contribution in [0.5, 0.6) is 11.8 Å². The van der Waals surface area contributed by atoms with Gasteiger partial charge in [-0.2, -0.15) is 4.98 Å². The van der Waals surface area contributed by atoms with Crippen LogP contribution in [0.4, 0.5) is 0 Å². The number of aromatic nitrogens is 3. The van der Waals surface area contributed by atoms with E-state index >= 15 is 0 Å². The highest BCUT2D eigenvalue weighted by molar-refractivity contribution is 5.86. The summed E-state index contributed by atoms with van der Waals surface area (Å²) in [5.41, 5.74) is 0.232. The zero-order chi connectivity index (χ0) is 15.0. The number of benzene rings is 1. The second-order valence-electron chi connectivity index (χ2n) is 4.58. The second kappa shape index (κ2) is 4.90. The molecule has 0 unspecified atom stereocenters. The Kier molecular flexibility index (Phi) is 3.06. The number of aryl methyl sites for hydroxylation is 1. The van der Waals surface area contributed by atoms with E-state index in [2.05, 4.69) is 9.97 Å². The standard InChI is InChI=1S/C15H13N3O3/c1-9-7-12(21-2)17-15(16-9)18-13(19)8-10-5-3-4-6-11(10)14(18)20/h3-8,20H,1-2H3. The molecule has 0 radical (unpaired) electrons. The van der Waals surface area contributed by atoms with E-state index in [1.807, 2.05) is 0 Å². The summed E-state index contributed by atoms with van der Waals surface area (Å²) in [5, 5.41) is 11.6. The third-order valence-electron chi connectivity index (χ3n) is 3.14. The quantitative estimate of drug-likeness (QED) is 0.776. The maximum Gasteiger partial charge on any atom is 0.260 e. The van der Waals surface area contributed by atoms with Gasteiger partial charge in [-0.25, -0.2) is 9.55 Å². The second-order valence-corrected chi connectivity index (χ2v) is 4.58. The van der Waals surface area contributed by atoms with Crippen LogP contribution in [0, 0.1) is 6.92 Å². The van der Waals surface area contributed by atoms with Crippen LogP contribution in [0.3, 0.4) is 0 Å². The first-order valence-corrected chi connectivity index (χ1v) is 6.34. The maximum atomic E-state index is 12.2. The first kappa shape index (κ1) is 13.1. The van der Waals surface area contributed by atoms with Gasteiger partial charge in [0.1, 0.15) is 0 Å². The molecule has 0 aliphatic rings. The van der Waals surface area contributed by atoms with Gasteiger partial charge in [-0.1, -0.05) is 18.2 Å². The van der Waals surface area contributed by atoms with Gasteiger partial charge in [0.05, 0.1) is 7.11 Å². The lowest BCUT2D eigenvalue weighted by Gasteiger charge is -2.10. The molecule has 0 aliphatic carbocycles. The van der Waals surface area contributed by atoms with Crippen LogP contribution in [0.15, 0.2) is 41.2 Å². The van der Waals surface area contributed by atoms with Crippen molar-refractivity contribution in [2.24, 2.45) is 0 Å². The Bertz CT molecular complexity index is 887. The highest BCUT2D eigenvalue weighted by Gasteiger charge is 2.14. The summed E-state index contributed by atoms with van der Waals surface area (Å²) in [5.74, 6) is 0.225. The molecule has 0 saturated heterocycles. The Labute approximate surface area is 120 Å². The van der Waals surface area contributed by atoms with Gasteiger partial charge >= 0.3 is 0 Å². The number of hydrogen-bond acceptors (Lipinski definition) is 5. The molecule has 3 rings (SSSR count). The zero-order valence-electron chi connectivity index (χ0n) is 11.6. The van der Waals surface area contributed by atoms with Crippen molar-refractivity contribution in [3.05, 3.63) is 52.4 Å². The van der Waals surface area contributed by atoms with Gasteiger partial charge in [-0.15, -0.1) is 0 Å². The summed E-state index contributed by atoms with van der Waals surface area (Å²) < 4.78 is 6.14. The van der Waals surface area contributed by atoms with Crippen LogP contribution in [0.2, 0.25) is 0 Å². The topological polar surface area (TPSA) is 77.2 Å². The van der Waals surface area contributed by atoms with Gasteiger partial charge in [0.2, 0.25) is 17.7 Å². The Hall–Kier alpha value is -2.89. The average molecular weight is 283 g/mol. The van der Waals surface area contributed by atoms with E-state index < -0.39 is 5.56 Å². The van der Waals surface area contributed by atoms with Crippen LogP contribution in [0.25, 0.3) is 16.7 Å². The first-order chi connectivity index (χ1) is 10.1. The number of hydrogen-bond donors (Lipinski definition) is 1. The Morgan fingerprint density at radius 1 is 1.19 bits per heavy atom. The fourth-order valence-corrected chi connectivity index (χ4v) is 2.17. The average Bonchev–Trinajstić information content (AvgIpc) is 2.46. The van der Waals surface area contributed by atoms with Crippen LogP contribution in [0.1, 0.15) is 5.69 Å². The first-order valence-electron chi connectivity index (χ1n) is 6.34. The lowest BCUT2D eigenvalue weighted by atomic mass is 10.2. The summed E-state index contributed by atoms with van der Waals surface area (Å²) >= 11 is 0. The van der Waals surface area contributed by atoms with Crippen molar-refractivity contribution in [1.82, 2.24) is 14.5 Å². The minimum atomic E-state index is -0.404. The predicted molar refractivity (Wildman–Crippen MR) is 78.1 cm³/mol. The minimum Gasteiger partial charge on any atom is -0.494 e. The van der Waals surface area contributed by atoms with Gasteiger partial charge in [0.15, 0.2) is 0 Å². The molecule has 1 aromatic carbocycles. The fraction of sp³-hybridized carbons (Fsp3) is 0.133. The van der Waals surface area contributed by atoms with Gasteiger partial charge in [-0.3, -0.25) is 4.79 Å². The molecular formula is C15H13N3O3. The van der Waals surface area contributed by atoms with Crippen molar-refractivity contribution >= 4 is 10.8 Å². The monoisotopic (exact) mass is 283 g/mol. The minimum absolute atomic E-state index is 0.0834. The fourth-order valence-electron chi connectivity index (χ4n) is 2.17. The smallest absolute Gasteiger partial charge is 0.260 e. The van der Waals surface area contributed by atoms with E-state index in [-0.39, 0.29) is 11.8 Å². The van der Waals surface area contributed by atoms with Crippen LogP contribution in [-0.2, 0) is 0 Å². The van der Waals surface area contributed by atoms with Crippen LogP contribution >= 0.6 is 0 Å². The van der Waals surface area contributed by atoms with Gasteiger partial charge in [-0.05, 0) is 18.4 Å². The molecule has 3 aromatic rings. The summed E-state index contributed by atoms with van der Waals surface area (Å²) in [6.07, 6.45) is 0. The molecule has 1 N–H and O–H groups in total. The van der Waals surface area contributed by atoms with Crippen molar-refractivity contribution in [2.75, 3.05) is 7.11 Å². The van der Waals surface area contributed by atoms with E-state index in [0.717, 1.165) is 4.57 Å². The van der Waals surface area contributed by atoms with Gasteiger partial charge in [0, 0.05) is 23.2 Å². The molecule has 21 heavy (non-hydrogen) atoms. The highest BCUT2D eigenvalue weighted by atomic mass is 16.5. The molecule has 0 saturated carbocycles. The van der Waals surface area contributed by atoms with Crippen LogP contribution < -0.4 is 10.3 Å². The molecular weight excluding hydrogens is 270 g/mol. The Balaban J connectivity index is 2.35. The number of methoxy groups -OCH3 is 1. The highest BCUT2D eigenvalue weighted by Crippen LogP contribution is 2.24. The van der Waals surface area contributed by atoms with Crippen molar-refractivity contribution in [3.8, 4) is 17.7 Å². The molecule has 0 spiro atoms. The molecule has 106 valence electrons. The molecule has 6 heteroatoms. The van der Waals surface area contributed by atoms with Crippen molar-refractivity contribution < 1.29 is 9.84 Å². The third kappa shape index (κ3) is 2.20. The normalized spacial score (nSPS) is 10.8. The van der Waals surface area contributed by atoms with E-state index in [9.17, 15) is 9.90 Å². The molecule has 0 aliphatic heterocycles.